The van der Waals surface area contributed by atoms with Gasteiger partial charge in [-0.1, -0.05) is 18.2 Å². The largest absolute Gasteiger partial charge is 0.444 e. The Morgan fingerprint density at radius 1 is 1.15 bits per heavy atom. The molecule has 0 saturated carbocycles. The molecule has 0 bridgehead atoms. The number of ether oxygens (including phenoxy) is 1. The molecular formula is C19H26N4O3. The molecule has 0 fully saturated rings. The summed E-state index contributed by atoms with van der Waals surface area (Å²) in [5.74, 6) is -0.0663. The van der Waals surface area contributed by atoms with Gasteiger partial charge in [0, 0.05) is 31.3 Å². The van der Waals surface area contributed by atoms with Gasteiger partial charge in [-0.2, -0.15) is 5.10 Å². The number of para-hydroxylation sites is 1. The molecule has 7 nitrogen and oxygen atoms in total. The van der Waals surface area contributed by atoms with Crippen LogP contribution in [0.3, 0.4) is 0 Å². The lowest BCUT2D eigenvalue weighted by molar-refractivity contribution is -0.121. The lowest BCUT2D eigenvalue weighted by Gasteiger charge is -2.19. The number of rotatable bonds is 7. The van der Waals surface area contributed by atoms with Crippen LogP contribution in [0, 0.1) is 0 Å². The van der Waals surface area contributed by atoms with Crippen LogP contribution >= 0.6 is 0 Å². The van der Waals surface area contributed by atoms with E-state index in [1.807, 2.05) is 36.5 Å². The highest BCUT2D eigenvalue weighted by Crippen LogP contribution is 2.08. The molecule has 2 rings (SSSR count). The number of hydrogen-bond donors (Lipinski definition) is 2. The molecule has 2 N–H and O–H groups in total. The van der Waals surface area contributed by atoms with E-state index < -0.39 is 11.7 Å². The second kappa shape index (κ2) is 9.03. The van der Waals surface area contributed by atoms with Crippen LogP contribution in [-0.2, 0) is 16.1 Å². The van der Waals surface area contributed by atoms with Crippen LogP contribution in [0.15, 0.2) is 42.7 Å². The summed E-state index contributed by atoms with van der Waals surface area (Å²) in [7, 11) is 0. The van der Waals surface area contributed by atoms with Gasteiger partial charge in [-0.05, 0) is 39.3 Å². The van der Waals surface area contributed by atoms with E-state index in [0.717, 1.165) is 11.3 Å². The first-order chi connectivity index (χ1) is 12.3. The van der Waals surface area contributed by atoms with Crippen molar-refractivity contribution in [2.45, 2.75) is 45.8 Å². The minimum Gasteiger partial charge on any atom is -0.444 e. The maximum atomic E-state index is 11.9. The molecule has 1 aromatic carbocycles. The first-order valence-electron chi connectivity index (χ1n) is 8.66. The van der Waals surface area contributed by atoms with Crippen molar-refractivity contribution in [2.24, 2.45) is 0 Å². The second-order valence-electron chi connectivity index (χ2n) is 6.94. The normalized spacial score (nSPS) is 11.0. The summed E-state index contributed by atoms with van der Waals surface area (Å²) in [6.45, 7) is 6.24. The zero-order chi connectivity index (χ0) is 19.0. The van der Waals surface area contributed by atoms with E-state index in [1.165, 1.54) is 0 Å². The highest BCUT2D eigenvalue weighted by molar-refractivity contribution is 5.76. The van der Waals surface area contributed by atoms with Crippen molar-refractivity contribution in [3.63, 3.8) is 0 Å². The summed E-state index contributed by atoms with van der Waals surface area (Å²) in [5, 5.41) is 9.78. The van der Waals surface area contributed by atoms with E-state index in [9.17, 15) is 9.59 Å². The van der Waals surface area contributed by atoms with Gasteiger partial charge >= 0.3 is 6.09 Å². The number of amides is 2. The van der Waals surface area contributed by atoms with Crippen molar-refractivity contribution in [3.05, 3.63) is 48.3 Å². The number of carbonyl (C=O) groups excluding carboxylic acids is 2. The summed E-state index contributed by atoms with van der Waals surface area (Å²) in [6, 6.07) is 9.78. The molecule has 1 aromatic heterocycles. The van der Waals surface area contributed by atoms with Gasteiger partial charge in [0.25, 0.3) is 0 Å². The van der Waals surface area contributed by atoms with E-state index in [0.29, 0.717) is 25.9 Å². The summed E-state index contributed by atoms with van der Waals surface area (Å²) < 4.78 is 6.90. The molecule has 0 aliphatic carbocycles. The number of nitrogens with one attached hydrogen (secondary N) is 2. The Bertz CT molecular complexity index is 720. The van der Waals surface area contributed by atoms with Crippen molar-refractivity contribution in [1.82, 2.24) is 20.4 Å². The van der Waals surface area contributed by atoms with Crippen molar-refractivity contribution in [1.29, 1.82) is 0 Å². The summed E-state index contributed by atoms with van der Waals surface area (Å²) >= 11 is 0. The lowest BCUT2D eigenvalue weighted by Crippen LogP contribution is -2.33. The van der Waals surface area contributed by atoms with Crippen LogP contribution in [0.1, 0.15) is 39.2 Å². The standard InChI is InChI=1S/C19H26N4O3/c1-19(2,3)26-18(25)20-11-7-10-17(24)21-12-15-13-22-23(14-15)16-8-5-4-6-9-16/h4-6,8-9,13-14H,7,10-12H2,1-3H3,(H,20,25)(H,21,24). The zero-order valence-corrected chi connectivity index (χ0v) is 15.5. The molecule has 0 aliphatic rings. The highest BCUT2D eigenvalue weighted by Gasteiger charge is 2.15. The van der Waals surface area contributed by atoms with Gasteiger partial charge in [-0.25, -0.2) is 9.48 Å². The number of benzene rings is 1. The molecule has 7 heteroatoms. The Labute approximate surface area is 153 Å². The molecule has 1 heterocycles. The van der Waals surface area contributed by atoms with Crippen LogP contribution in [-0.4, -0.2) is 33.9 Å². The third kappa shape index (κ3) is 6.96. The molecule has 0 atom stereocenters. The molecule has 26 heavy (non-hydrogen) atoms. The van der Waals surface area contributed by atoms with Crippen LogP contribution < -0.4 is 10.6 Å². The number of alkyl carbamates (subject to hydrolysis) is 1. The Hall–Kier alpha value is -2.83. The van der Waals surface area contributed by atoms with Gasteiger partial charge in [0.05, 0.1) is 11.9 Å². The summed E-state index contributed by atoms with van der Waals surface area (Å²) in [6.07, 6.45) is 4.04. The van der Waals surface area contributed by atoms with Gasteiger partial charge in [-0.3, -0.25) is 4.79 Å². The summed E-state index contributed by atoms with van der Waals surface area (Å²) in [5.41, 5.74) is 1.37. The predicted molar refractivity (Wildman–Crippen MR) is 98.9 cm³/mol. The van der Waals surface area contributed by atoms with Crippen molar-refractivity contribution < 1.29 is 14.3 Å². The Morgan fingerprint density at radius 3 is 2.58 bits per heavy atom. The average Bonchev–Trinajstić information content (AvgIpc) is 3.05. The number of carbonyl (C=O) groups is 2. The maximum absolute atomic E-state index is 11.9. The second-order valence-corrected chi connectivity index (χ2v) is 6.94. The first kappa shape index (κ1) is 19.5. The molecule has 0 radical (unpaired) electrons. The Balaban J connectivity index is 1.65. The van der Waals surface area contributed by atoms with Crippen molar-refractivity contribution >= 4 is 12.0 Å². The number of nitrogens with zero attached hydrogens (tertiary/aromatic N) is 2. The van der Waals surface area contributed by atoms with Crippen LogP contribution in [0.5, 0.6) is 0 Å². The van der Waals surface area contributed by atoms with Crippen LogP contribution in [0.25, 0.3) is 5.69 Å². The molecule has 140 valence electrons. The van der Waals surface area contributed by atoms with E-state index in [4.69, 9.17) is 4.74 Å². The first-order valence-corrected chi connectivity index (χ1v) is 8.66. The Kier molecular flexibility index (Phi) is 6.77. The predicted octanol–water partition coefficient (Wildman–Crippen LogP) is 2.79. The molecule has 2 amide bonds. The molecular weight excluding hydrogens is 332 g/mol. The zero-order valence-electron chi connectivity index (χ0n) is 15.5. The van der Waals surface area contributed by atoms with Crippen LogP contribution in [0.4, 0.5) is 4.79 Å². The minimum atomic E-state index is -0.522. The van der Waals surface area contributed by atoms with E-state index in [2.05, 4.69) is 15.7 Å². The van der Waals surface area contributed by atoms with Gasteiger partial charge < -0.3 is 15.4 Å². The third-order valence-corrected chi connectivity index (χ3v) is 3.40. The fourth-order valence-electron chi connectivity index (χ4n) is 2.22. The molecule has 0 saturated heterocycles. The highest BCUT2D eigenvalue weighted by atomic mass is 16.6. The smallest absolute Gasteiger partial charge is 0.407 e. The fourth-order valence-corrected chi connectivity index (χ4v) is 2.22. The van der Waals surface area contributed by atoms with E-state index in [-0.39, 0.29) is 5.91 Å². The summed E-state index contributed by atoms with van der Waals surface area (Å²) in [4.78, 5) is 23.4. The molecule has 0 spiro atoms. The topological polar surface area (TPSA) is 85.2 Å². The van der Waals surface area contributed by atoms with Gasteiger partial charge in [-0.15, -0.1) is 0 Å². The van der Waals surface area contributed by atoms with E-state index >= 15 is 0 Å². The van der Waals surface area contributed by atoms with Gasteiger partial charge in [0.1, 0.15) is 5.60 Å². The number of hydrogen-bond acceptors (Lipinski definition) is 4. The van der Waals surface area contributed by atoms with Gasteiger partial charge in [0.15, 0.2) is 0 Å². The molecule has 0 unspecified atom stereocenters. The Morgan fingerprint density at radius 2 is 1.88 bits per heavy atom. The maximum Gasteiger partial charge on any atom is 0.407 e. The fraction of sp³-hybridized carbons (Fsp3) is 0.421. The van der Waals surface area contributed by atoms with E-state index in [1.54, 1.807) is 31.6 Å². The van der Waals surface area contributed by atoms with Gasteiger partial charge in [0.2, 0.25) is 5.91 Å². The minimum absolute atomic E-state index is 0.0663. The van der Waals surface area contributed by atoms with Crippen molar-refractivity contribution in [3.8, 4) is 5.69 Å². The SMILES string of the molecule is CC(C)(C)OC(=O)NCCCC(=O)NCc1cnn(-c2ccccc2)c1. The lowest BCUT2D eigenvalue weighted by atomic mass is 10.2. The average molecular weight is 358 g/mol. The van der Waals surface area contributed by atoms with Crippen molar-refractivity contribution in [2.75, 3.05) is 6.54 Å². The molecule has 0 aliphatic heterocycles. The molecule has 2 aromatic rings. The number of aromatic nitrogens is 2. The van der Waals surface area contributed by atoms with Crippen LogP contribution in [0.2, 0.25) is 0 Å². The monoisotopic (exact) mass is 358 g/mol. The third-order valence-electron chi connectivity index (χ3n) is 3.40. The quantitative estimate of drug-likeness (QED) is 0.745.